The number of aryl methyl sites for hydroxylation is 1. The van der Waals surface area contributed by atoms with E-state index in [4.69, 9.17) is 0 Å². The normalized spacial score (nSPS) is 10.8. The standard InChI is InChI=1S/C23H27N5O/c1-16(2)19-7-5-6-8-20(19)27-22-15-21(25-17(3)26-22)23(29)28(4)14-11-18-9-12-24-13-10-18/h5-10,12-13,15-16H,11,14H2,1-4H3,(H,25,26,27). The molecule has 0 spiro atoms. The molecule has 3 rings (SSSR count). The van der Waals surface area contributed by atoms with Gasteiger partial charge in [-0.15, -0.1) is 0 Å². The third kappa shape index (κ3) is 5.38. The Morgan fingerprint density at radius 1 is 1.10 bits per heavy atom. The maximum Gasteiger partial charge on any atom is 0.272 e. The quantitative estimate of drug-likeness (QED) is 0.650. The van der Waals surface area contributed by atoms with Crippen LogP contribution in [-0.4, -0.2) is 39.4 Å². The highest BCUT2D eigenvalue weighted by Crippen LogP contribution is 2.26. The zero-order chi connectivity index (χ0) is 20.8. The fraction of sp³-hybridized carbons (Fsp3) is 0.304. The number of carbonyl (C=O) groups excluding carboxylic acids is 1. The molecular weight excluding hydrogens is 362 g/mol. The Bertz CT molecular complexity index is 972. The van der Waals surface area contributed by atoms with Gasteiger partial charge >= 0.3 is 0 Å². The van der Waals surface area contributed by atoms with Crippen LogP contribution in [0.1, 0.15) is 47.2 Å². The molecule has 150 valence electrons. The lowest BCUT2D eigenvalue weighted by Gasteiger charge is -2.18. The summed E-state index contributed by atoms with van der Waals surface area (Å²) in [7, 11) is 1.79. The molecule has 0 atom stereocenters. The van der Waals surface area contributed by atoms with Crippen LogP contribution in [0.5, 0.6) is 0 Å². The predicted octanol–water partition coefficient (Wildman–Crippen LogP) is 4.36. The fourth-order valence-corrected chi connectivity index (χ4v) is 3.14. The van der Waals surface area contributed by atoms with Crippen LogP contribution in [0.3, 0.4) is 0 Å². The Kier molecular flexibility index (Phi) is 6.54. The highest BCUT2D eigenvalue weighted by Gasteiger charge is 2.16. The van der Waals surface area contributed by atoms with Crippen LogP contribution in [0.25, 0.3) is 0 Å². The second kappa shape index (κ2) is 9.28. The van der Waals surface area contributed by atoms with Gasteiger partial charge in [0.2, 0.25) is 0 Å². The minimum absolute atomic E-state index is 0.121. The Balaban J connectivity index is 1.75. The molecule has 3 aromatic rings. The molecule has 29 heavy (non-hydrogen) atoms. The second-order valence-corrected chi connectivity index (χ2v) is 7.38. The summed E-state index contributed by atoms with van der Waals surface area (Å²) in [4.78, 5) is 27.4. The Morgan fingerprint density at radius 3 is 2.55 bits per heavy atom. The van der Waals surface area contributed by atoms with E-state index in [9.17, 15) is 4.79 Å². The third-order valence-electron chi connectivity index (χ3n) is 4.73. The lowest BCUT2D eigenvalue weighted by molar-refractivity contribution is 0.0790. The van der Waals surface area contributed by atoms with Gasteiger partial charge < -0.3 is 10.2 Å². The van der Waals surface area contributed by atoms with Gasteiger partial charge in [-0.05, 0) is 48.6 Å². The van der Waals surface area contributed by atoms with Crippen molar-refractivity contribution in [3.63, 3.8) is 0 Å². The van der Waals surface area contributed by atoms with E-state index < -0.39 is 0 Å². The number of hydrogen-bond donors (Lipinski definition) is 1. The van der Waals surface area contributed by atoms with Gasteiger partial charge in [0.1, 0.15) is 17.3 Å². The largest absolute Gasteiger partial charge is 0.340 e. The molecule has 0 aliphatic rings. The number of nitrogens with zero attached hydrogens (tertiary/aromatic N) is 4. The van der Waals surface area contributed by atoms with Crippen LogP contribution in [0.2, 0.25) is 0 Å². The Morgan fingerprint density at radius 2 is 1.83 bits per heavy atom. The Hall–Kier alpha value is -3.28. The minimum Gasteiger partial charge on any atom is -0.340 e. The number of amides is 1. The summed E-state index contributed by atoms with van der Waals surface area (Å²) in [5.74, 6) is 1.44. The number of likely N-dealkylation sites (N-methyl/N-ethyl adjacent to an activating group) is 1. The number of para-hydroxylation sites is 1. The van der Waals surface area contributed by atoms with Crippen LogP contribution < -0.4 is 5.32 Å². The fourth-order valence-electron chi connectivity index (χ4n) is 3.14. The molecule has 0 saturated carbocycles. The van der Waals surface area contributed by atoms with E-state index in [1.165, 1.54) is 5.56 Å². The van der Waals surface area contributed by atoms with E-state index in [2.05, 4.69) is 40.2 Å². The van der Waals surface area contributed by atoms with Crippen molar-refractivity contribution in [3.05, 3.63) is 77.5 Å². The molecule has 6 heteroatoms. The number of anilines is 2. The predicted molar refractivity (Wildman–Crippen MR) is 115 cm³/mol. The van der Waals surface area contributed by atoms with Crippen molar-refractivity contribution in [2.45, 2.75) is 33.1 Å². The van der Waals surface area contributed by atoms with E-state index in [1.54, 1.807) is 37.3 Å². The van der Waals surface area contributed by atoms with E-state index in [-0.39, 0.29) is 5.91 Å². The molecule has 2 aromatic heterocycles. The number of rotatable bonds is 7. The summed E-state index contributed by atoms with van der Waals surface area (Å²) in [5, 5.41) is 3.36. The Labute approximate surface area is 172 Å². The van der Waals surface area contributed by atoms with Crippen LogP contribution >= 0.6 is 0 Å². The van der Waals surface area contributed by atoms with E-state index in [0.717, 1.165) is 17.7 Å². The molecule has 0 aliphatic heterocycles. The third-order valence-corrected chi connectivity index (χ3v) is 4.73. The second-order valence-electron chi connectivity index (χ2n) is 7.38. The van der Waals surface area contributed by atoms with Crippen molar-refractivity contribution in [3.8, 4) is 0 Å². The van der Waals surface area contributed by atoms with Crippen molar-refractivity contribution in [2.75, 3.05) is 18.9 Å². The van der Waals surface area contributed by atoms with Gasteiger partial charge in [0.15, 0.2) is 0 Å². The number of nitrogens with one attached hydrogen (secondary N) is 1. The zero-order valence-corrected chi connectivity index (χ0v) is 17.4. The first-order valence-electron chi connectivity index (χ1n) is 9.80. The van der Waals surface area contributed by atoms with Crippen molar-refractivity contribution in [2.24, 2.45) is 0 Å². The first-order chi connectivity index (χ1) is 13.9. The molecule has 0 aliphatic carbocycles. The number of hydrogen-bond acceptors (Lipinski definition) is 5. The smallest absolute Gasteiger partial charge is 0.272 e. The molecule has 6 nitrogen and oxygen atoms in total. The van der Waals surface area contributed by atoms with Crippen LogP contribution in [-0.2, 0) is 6.42 Å². The number of benzene rings is 1. The molecule has 0 saturated heterocycles. The first kappa shape index (κ1) is 20.5. The summed E-state index contributed by atoms with van der Waals surface area (Å²) in [5.41, 5.74) is 3.72. The summed E-state index contributed by atoms with van der Waals surface area (Å²) in [6.45, 7) is 6.70. The maximum atomic E-state index is 12.9. The van der Waals surface area contributed by atoms with Crippen LogP contribution in [0, 0.1) is 6.92 Å². The van der Waals surface area contributed by atoms with Gasteiger partial charge in [-0.25, -0.2) is 9.97 Å². The average molecular weight is 390 g/mol. The lowest BCUT2D eigenvalue weighted by atomic mass is 10.0. The monoisotopic (exact) mass is 389 g/mol. The van der Waals surface area contributed by atoms with Crippen LogP contribution in [0.15, 0.2) is 54.9 Å². The van der Waals surface area contributed by atoms with E-state index in [1.807, 2.05) is 30.3 Å². The van der Waals surface area contributed by atoms with Gasteiger partial charge in [-0.3, -0.25) is 9.78 Å². The van der Waals surface area contributed by atoms with Crippen molar-refractivity contribution < 1.29 is 4.79 Å². The molecular formula is C23H27N5O. The van der Waals surface area contributed by atoms with Gasteiger partial charge in [0.25, 0.3) is 5.91 Å². The average Bonchev–Trinajstić information content (AvgIpc) is 2.72. The number of pyridine rings is 1. The van der Waals surface area contributed by atoms with Gasteiger partial charge in [-0.2, -0.15) is 0 Å². The van der Waals surface area contributed by atoms with Crippen molar-refractivity contribution in [1.82, 2.24) is 19.9 Å². The molecule has 2 heterocycles. The van der Waals surface area contributed by atoms with E-state index in [0.29, 0.717) is 29.8 Å². The summed E-state index contributed by atoms with van der Waals surface area (Å²) >= 11 is 0. The SMILES string of the molecule is Cc1nc(Nc2ccccc2C(C)C)cc(C(=O)N(C)CCc2ccncc2)n1. The molecule has 0 radical (unpaired) electrons. The molecule has 1 N–H and O–H groups in total. The topological polar surface area (TPSA) is 71.0 Å². The number of aromatic nitrogens is 3. The van der Waals surface area contributed by atoms with Crippen LogP contribution in [0.4, 0.5) is 11.5 Å². The van der Waals surface area contributed by atoms with Gasteiger partial charge in [-0.1, -0.05) is 32.0 Å². The zero-order valence-electron chi connectivity index (χ0n) is 17.4. The lowest BCUT2D eigenvalue weighted by Crippen LogP contribution is -2.30. The summed E-state index contributed by atoms with van der Waals surface area (Å²) in [6.07, 6.45) is 4.29. The molecule has 1 aromatic carbocycles. The molecule has 1 amide bonds. The summed E-state index contributed by atoms with van der Waals surface area (Å²) < 4.78 is 0. The molecule has 0 bridgehead atoms. The minimum atomic E-state index is -0.121. The van der Waals surface area contributed by atoms with Crippen molar-refractivity contribution >= 4 is 17.4 Å². The summed E-state index contributed by atoms with van der Waals surface area (Å²) in [6, 6.07) is 13.8. The first-order valence-corrected chi connectivity index (χ1v) is 9.80. The van der Waals surface area contributed by atoms with E-state index >= 15 is 0 Å². The highest BCUT2D eigenvalue weighted by molar-refractivity contribution is 5.93. The maximum absolute atomic E-state index is 12.9. The van der Waals surface area contributed by atoms with Crippen molar-refractivity contribution in [1.29, 1.82) is 0 Å². The van der Waals surface area contributed by atoms with Gasteiger partial charge in [0, 0.05) is 37.7 Å². The molecule has 0 unspecified atom stereocenters. The number of carbonyl (C=O) groups is 1. The highest BCUT2D eigenvalue weighted by atomic mass is 16.2. The van der Waals surface area contributed by atoms with Gasteiger partial charge in [0.05, 0.1) is 0 Å². The molecule has 0 fully saturated rings.